The van der Waals surface area contributed by atoms with Crippen LogP contribution in [-0.2, 0) is 4.79 Å². The highest BCUT2D eigenvalue weighted by molar-refractivity contribution is 5.74. The van der Waals surface area contributed by atoms with Crippen LogP contribution < -0.4 is 11.5 Å². The van der Waals surface area contributed by atoms with Gasteiger partial charge in [0.25, 0.3) is 0 Å². The van der Waals surface area contributed by atoms with Crippen LogP contribution in [0.1, 0.15) is 13.3 Å². The molecule has 0 spiro atoms. The minimum atomic E-state index is -0.669. The van der Waals surface area contributed by atoms with Crippen molar-refractivity contribution in [3.8, 4) is 0 Å². The molecule has 4 heteroatoms. The number of amides is 1. The number of carbonyl (C=O) groups excluding carboxylic acids is 1. The van der Waals surface area contributed by atoms with Crippen molar-refractivity contribution in [1.82, 2.24) is 0 Å². The van der Waals surface area contributed by atoms with Gasteiger partial charge in [0.15, 0.2) is 0 Å². The van der Waals surface area contributed by atoms with E-state index >= 15 is 0 Å². The van der Waals surface area contributed by atoms with E-state index in [-0.39, 0.29) is 6.42 Å². The second kappa shape index (κ2) is 3.42. The fourth-order valence-corrected chi connectivity index (χ4v) is 0.403. The Balaban J connectivity index is 3.50. The molecule has 0 aliphatic carbocycles. The van der Waals surface area contributed by atoms with Crippen molar-refractivity contribution in [1.29, 1.82) is 0 Å². The highest BCUT2D eigenvalue weighted by atomic mass is 16.3. The summed E-state index contributed by atoms with van der Waals surface area (Å²) in [6.45, 7) is 1.52. The number of aliphatic hydroxyl groups is 1. The van der Waals surface area contributed by atoms with E-state index in [0.717, 1.165) is 0 Å². The molecule has 0 aliphatic rings. The smallest absolute Gasteiger partial charge is 0.219 e. The third-order valence-corrected chi connectivity index (χ3v) is 1.06. The fraction of sp³-hybridized carbons (Fsp3) is 0.800. The first-order valence-corrected chi connectivity index (χ1v) is 2.76. The number of hydrogen-bond donors (Lipinski definition) is 3. The Hall–Kier alpha value is -0.610. The van der Waals surface area contributed by atoms with Crippen LogP contribution in [0.15, 0.2) is 0 Å². The maximum atomic E-state index is 10.1. The van der Waals surface area contributed by atoms with Gasteiger partial charge in [0.1, 0.15) is 0 Å². The van der Waals surface area contributed by atoms with Crippen LogP contribution in [0.25, 0.3) is 0 Å². The zero-order chi connectivity index (χ0) is 7.44. The summed E-state index contributed by atoms with van der Waals surface area (Å²) in [6, 6.07) is -0.525. The summed E-state index contributed by atoms with van der Waals surface area (Å²) in [5.41, 5.74) is 10.1. The zero-order valence-electron chi connectivity index (χ0n) is 5.37. The molecular weight excluding hydrogens is 120 g/mol. The molecule has 0 saturated carbocycles. The lowest BCUT2D eigenvalue weighted by Gasteiger charge is -2.10. The number of nitrogens with two attached hydrogens (primary N) is 2. The molecule has 0 aromatic rings. The molecule has 5 N–H and O–H groups in total. The largest absolute Gasteiger partial charge is 0.392 e. The lowest BCUT2D eigenvalue weighted by atomic mass is 10.1. The summed E-state index contributed by atoms with van der Waals surface area (Å²) in [6.07, 6.45) is -0.630. The van der Waals surface area contributed by atoms with Crippen LogP contribution in [-0.4, -0.2) is 23.2 Å². The number of aliphatic hydroxyl groups excluding tert-OH is 1. The molecule has 0 aromatic heterocycles. The lowest BCUT2D eigenvalue weighted by molar-refractivity contribution is -0.118. The lowest BCUT2D eigenvalue weighted by Crippen LogP contribution is -2.36. The molecule has 2 atom stereocenters. The van der Waals surface area contributed by atoms with Crippen LogP contribution in [0.2, 0.25) is 0 Å². The minimum absolute atomic E-state index is 0.0394. The minimum Gasteiger partial charge on any atom is -0.392 e. The highest BCUT2D eigenvalue weighted by Crippen LogP contribution is 1.92. The van der Waals surface area contributed by atoms with E-state index in [1.54, 1.807) is 0 Å². The Morgan fingerprint density at radius 3 is 2.33 bits per heavy atom. The second-order valence-corrected chi connectivity index (χ2v) is 2.07. The Morgan fingerprint density at radius 1 is 1.78 bits per heavy atom. The maximum absolute atomic E-state index is 10.1. The monoisotopic (exact) mass is 132 g/mol. The Bertz CT molecular complexity index is 103. The summed E-state index contributed by atoms with van der Waals surface area (Å²) in [5, 5.41) is 8.74. The maximum Gasteiger partial charge on any atom is 0.219 e. The molecule has 0 heterocycles. The van der Waals surface area contributed by atoms with Gasteiger partial charge in [0, 0.05) is 12.5 Å². The Morgan fingerprint density at radius 2 is 2.22 bits per heavy atom. The third kappa shape index (κ3) is 3.93. The molecule has 0 unspecified atom stereocenters. The van der Waals surface area contributed by atoms with Crippen molar-refractivity contribution in [3.63, 3.8) is 0 Å². The van der Waals surface area contributed by atoms with E-state index in [1.165, 1.54) is 6.92 Å². The van der Waals surface area contributed by atoms with Crippen LogP contribution >= 0.6 is 0 Å². The van der Waals surface area contributed by atoms with Crippen molar-refractivity contribution < 1.29 is 9.90 Å². The standard InChI is InChI=1S/C5H12N2O2/c1-3(8)4(6)2-5(7)9/h3-4,8H,2,6H2,1H3,(H2,7,9)/t3-,4-/m1/s1. The van der Waals surface area contributed by atoms with E-state index < -0.39 is 18.1 Å². The van der Waals surface area contributed by atoms with Crippen LogP contribution in [0.3, 0.4) is 0 Å². The average molecular weight is 132 g/mol. The van der Waals surface area contributed by atoms with Gasteiger partial charge < -0.3 is 16.6 Å². The molecular formula is C5H12N2O2. The van der Waals surface area contributed by atoms with Crippen LogP contribution in [0, 0.1) is 0 Å². The van der Waals surface area contributed by atoms with Gasteiger partial charge in [-0.25, -0.2) is 0 Å². The first kappa shape index (κ1) is 8.39. The van der Waals surface area contributed by atoms with Gasteiger partial charge >= 0.3 is 0 Å². The Kier molecular flexibility index (Phi) is 3.19. The number of hydrogen-bond acceptors (Lipinski definition) is 3. The van der Waals surface area contributed by atoms with Gasteiger partial charge in [0.05, 0.1) is 6.10 Å². The zero-order valence-corrected chi connectivity index (χ0v) is 5.37. The third-order valence-electron chi connectivity index (χ3n) is 1.06. The van der Waals surface area contributed by atoms with Crippen molar-refractivity contribution in [3.05, 3.63) is 0 Å². The van der Waals surface area contributed by atoms with Gasteiger partial charge in [-0.2, -0.15) is 0 Å². The summed E-state index contributed by atoms with van der Waals surface area (Å²) < 4.78 is 0. The van der Waals surface area contributed by atoms with Gasteiger partial charge in [0.2, 0.25) is 5.91 Å². The van der Waals surface area contributed by atoms with Gasteiger partial charge in [-0.15, -0.1) is 0 Å². The highest BCUT2D eigenvalue weighted by Gasteiger charge is 2.10. The number of rotatable bonds is 3. The fourth-order valence-electron chi connectivity index (χ4n) is 0.403. The SMILES string of the molecule is C[C@@H](O)[C@H](N)CC(N)=O. The van der Waals surface area contributed by atoms with Crippen molar-refractivity contribution in [2.24, 2.45) is 11.5 Å². The van der Waals surface area contributed by atoms with E-state index in [1.807, 2.05) is 0 Å². The average Bonchev–Trinajstić information content (AvgIpc) is 1.63. The van der Waals surface area contributed by atoms with Crippen LogP contribution in [0.5, 0.6) is 0 Å². The Labute approximate surface area is 53.8 Å². The van der Waals surface area contributed by atoms with Gasteiger partial charge in [-0.3, -0.25) is 4.79 Å². The molecule has 54 valence electrons. The topological polar surface area (TPSA) is 89.3 Å². The molecule has 9 heavy (non-hydrogen) atoms. The molecule has 0 radical (unpaired) electrons. The van der Waals surface area contributed by atoms with Crippen molar-refractivity contribution in [2.75, 3.05) is 0 Å². The van der Waals surface area contributed by atoms with Crippen molar-refractivity contribution >= 4 is 5.91 Å². The van der Waals surface area contributed by atoms with E-state index in [9.17, 15) is 4.79 Å². The van der Waals surface area contributed by atoms with Gasteiger partial charge in [-0.05, 0) is 6.92 Å². The van der Waals surface area contributed by atoms with Gasteiger partial charge in [-0.1, -0.05) is 0 Å². The summed E-state index contributed by atoms with van der Waals surface area (Å²) in [5.74, 6) is -0.483. The molecule has 0 rings (SSSR count). The predicted molar refractivity (Wildman–Crippen MR) is 33.5 cm³/mol. The van der Waals surface area contributed by atoms with E-state index in [0.29, 0.717) is 0 Å². The van der Waals surface area contributed by atoms with E-state index in [2.05, 4.69) is 0 Å². The summed E-state index contributed by atoms with van der Waals surface area (Å²) in [7, 11) is 0. The molecule has 0 fully saturated rings. The molecule has 0 aliphatic heterocycles. The molecule has 1 amide bonds. The second-order valence-electron chi connectivity index (χ2n) is 2.07. The molecule has 0 saturated heterocycles. The summed E-state index contributed by atoms with van der Waals surface area (Å²) >= 11 is 0. The van der Waals surface area contributed by atoms with Crippen LogP contribution in [0.4, 0.5) is 0 Å². The molecule has 0 aromatic carbocycles. The first-order valence-electron chi connectivity index (χ1n) is 2.76. The van der Waals surface area contributed by atoms with Crippen molar-refractivity contribution in [2.45, 2.75) is 25.5 Å². The predicted octanol–water partition coefficient (Wildman–Crippen LogP) is -1.43. The first-order chi connectivity index (χ1) is 4.04. The van der Waals surface area contributed by atoms with E-state index in [4.69, 9.17) is 16.6 Å². The molecule has 0 bridgehead atoms. The number of carbonyl (C=O) groups is 1. The summed E-state index contributed by atoms with van der Waals surface area (Å²) in [4.78, 5) is 10.1. The quantitative estimate of drug-likeness (QED) is 0.439. The number of primary amides is 1. The normalized spacial score (nSPS) is 16.8. The molecule has 4 nitrogen and oxygen atoms in total.